The summed E-state index contributed by atoms with van der Waals surface area (Å²) in [6, 6.07) is 5.65. The second-order valence-corrected chi connectivity index (χ2v) is 4.77. The molecule has 0 spiro atoms. The lowest BCUT2D eigenvalue weighted by Crippen LogP contribution is -1.98. The molecule has 0 fully saturated rings. The van der Waals surface area contributed by atoms with Gasteiger partial charge in [0, 0.05) is 5.56 Å². The van der Waals surface area contributed by atoms with Gasteiger partial charge in [-0.15, -0.1) is 11.3 Å². The zero-order valence-corrected chi connectivity index (χ0v) is 9.98. The Morgan fingerprint density at radius 2 is 2.36 bits per heavy atom. The highest BCUT2D eigenvalue weighted by Crippen LogP contribution is 2.22. The highest BCUT2D eigenvalue weighted by molar-refractivity contribution is 9.09. The third kappa shape index (κ3) is 1.72. The summed E-state index contributed by atoms with van der Waals surface area (Å²) in [7, 11) is 0. The summed E-state index contributed by atoms with van der Waals surface area (Å²) in [6.45, 7) is 1.97. The number of Topliss-reactive ketones (excluding diaryl/α,β-unsaturated/α-hetero) is 1. The lowest BCUT2D eigenvalue weighted by atomic mass is 10.1. The molecule has 1 heterocycles. The number of thiazole rings is 1. The van der Waals surface area contributed by atoms with Crippen molar-refractivity contribution in [3.05, 3.63) is 28.8 Å². The van der Waals surface area contributed by atoms with Crippen molar-refractivity contribution >= 4 is 43.3 Å². The quantitative estimate of drug-likeness (QED) is 0.619. The van der Waals surface area contributed by atoms with Crippen molar-refractivity contribution in [3.8, 4) is 0 Å². The van der Waals surface area contributed by atoms with E-state index in [9.17, 15) is 4.79 Å². The lowest BCUT2D eigenvalue weighted by molar-refractivity contribution is 0.102. The van der Waals surface area contributed by atoms with E-state index in [0.717, 1.165) is 20.8 Å². The number of hydrogen-bond acceptors (Lipinski definition) is 3. The number of rotatable bonds is 2. The first-order valence-corrected chi connectivity index (χ1v) is 6.11. The largest absolute Gasteiger partial charge is 0.293 e. The summed E-state index contributed by atoms with van der Waals surface area (Å²) >= 11 is 4.80. The van der Waals surface area contributed by atoms with Crippen molar-refractivity contribution in [2.24, 2.45) is 0 Å². The number of aryl methyl sites for hydroxylation is 1. The number of alkyl halides is 1. The molecule has 0 radical (unpaired) electrons. The second-order valence-electron chi connectivity index (χ2n) is 2.97. The number of aromatic nitrogens is 1. The van der Waals surface area contributed by atoms with Crippen LogP contribution in [-0.2, 0) is 0 Å². The van der Waals surface area contributed by atoms with E-state index in [0.29, 0.717) is 5.33 Å². The Bertz CT molecular complexity index is 492. The van der Waals surface area contributed by atoms with Gasteiger partial charge >= 0.3 is 0 Å². The van der Waals surface area contributed by atoms with Crippen LogP contribution in [-0.4, -0.2) is 16.1 Å². The molecule has 2 aromatic rings. The Hall–Kier alpha value is -0.740. The first kappa shape index (κ1) is 9.80. The number of nitrogens with zero attached hydrogens (tertiary/aromatic N) is 1. The van der Waals surface area contributed by atoms with Crippen LogP contribution in [0, 0.1) is 6.92 Å². The average molecular weight is 270 g/mol. The van der Waals surface area contributed by atoms with Crippen LogP contribution in [0.4, 0.5) is 0 Å². The van der Waals surface area contributed by atoms with Crippen molar-refractivity contribution in [3.63, 3.8) is 0 Å². The molecule has 0 amide bonds. The molecule has 1 aromatic heterocycles. The SMILES string of the molecule is Cc1nc2cc(C(=O)CBr)ccc2s1. The van der Waals surface area contributed by atoms with E-state index >= 15 is 0 Å². The van der Waals surface area contributed by atoms with Crippen molar-refractivity contribution in [1.29, 1.82) is 0 Å². The molecule has 72 valence electrons. The van der Waals surface area contributed by atoms with Gasteiger partial charge in [-0.1, -0.05) is 15.9 Å². The first-order valence-electron chi connectivity index (χ1n) is 4.17. The predicted octanol–water partition coefficient (Wildman–Crippen LogP) is 3.18. The van der Waals surface area contributed by atoms with Crippen LogP contribution in [0.1, 0.15) is 15.4 Å². The third-order valence-electron chi connectivity index (χ3n) is 1.94. The van der Waals surface area contributed by atoms with Crippen LogP contribution in [0.5, 0.6) is 0 Å². The van der Waals surface area contributed by atoms with Crippen LogP contribution in [0.2, 0.25) is 0 Å². The molecule has 0 bridgehead atoms. The Morgan fingerprint density at radius 3 is 3.07 bits per heavy atom. The molecule has 0 atom stereocenters. The van der Waals surface area contributed by atoms with Crippen molar-refractivity contribution in [2.45, 2.75) is 6.92 Å². The van der Waals surface area contributed by atoms with Crippen LogP contribution in [0.15, 0.2) is 18.2 Å². The molecular formula is C10H8BrNOS. The number of carbonyl (C=O) groups excluding carboxylic acids is 1. The average Bonchev–Trinajstić information content (AvgIpc) is 2.55. The van der Waals surface area contributed by atoms with E-state index in [2.05, 4.69) is 20.9 Å². The minimum atomic E-state index is 0.0950. The van der Waals surface area contributed by atoms with E-state index in [4.69, 9.17) is 0 Å². The van der Waals surface area contributed by atoms with Gasteiger partial charge in [-0.3, -0.25) is 4.79 Å². The van der Waals surface area contributed by atoms with Gasteiger partial charge in [0.15, 0.2) is 5.78 Å². The van der Waals surface area contributed by atoms with E-state index in [1.807, 2.05) is 25.1 Å². The van der Waals surface area contributed by atoms with Gasteiger partial charge in [0.1, 0.15) is 0 Å². The molecule has 4 heteroatoms. The number of fused-ring (bicyclic) bond motifs is 1. The molecule has 0 saturated heterocycles. The monoisotopic (exact) mass is 269 g/mol. The molecule has 0 aliphatic rings. The zero-order valence-electron chi connectivity index (χ0n) is 7.58. The van der Waals surface area contributed by atoms with Crippen molar-refractivity contribution < 1.29 is 4.79 Å². The van der Waals surface area contributed by atoms with Crippen LogP contribution in [0.25, 0.3) is 10.2 Å². The molecule has 0 unspecified atom stereocenters. The number of ketones is 1. The maximum Gasteiger partial charge on any atom is 0.173 e. The van der Waals surface area contributed by atoms with Crippen LogP contribution in [0.3, 0.4) is 0 Å². The fourth-order valence-corrected chi connectivity index (χ4v) is 2.42. The number of halogens is 1. The van der Waals surface area contributed by atoms with Gasteiger partial charge < -0.3 is 0 Å². The summed E-state index contributed by atoms with van der Waals surface area (Å²) in [5.74, 6) is 0.0950. The van der Waals surface area contributed by atoms with Gasteiger partial charge in [0.25, 0.3) is 0 Å². The van der Waals surface area contributed by atoms with Gasteiger partial charge in [-0.2, -0.15) is 0 Å². The molecule has 2 rings (SSSR count). The normalized spacial score (nSPS) is 10.7. The summed E-state index contributed by atoms with van der Waals surface area (Å²) < 4.78 is 1.13. The van der Waals surface area contributed by atoms with Gasteiger partial charge in [-0.05, 0) is 25.1 Å². The Labute approximate surface area is 94.1 Å². The topological polar surface area (TPSA) is 30.0 Å². The van der Waals surface area contributed by atoms with E-state index in [1.54, 1.807) is 11.3 Å². The molecular weight excluding hydrogens is 262 g/mol. The third-order valence-corrected chi connectivity index (χ3v) is 3.40. The molecule has 2 nitrogen and oxygen atoms in total. The fourth-order valence-electron chi connectivity index (χ4n) is 1.29. The van der Waals surface area contributed by atoms with Gasteiger partial charge in [0.05, 0.1) is 20.6 Å². The second kappa shape index (κ2) is 3.79. The standard InChI is InChI=1S/C10H8BrNOS/c1-6-12-8-4-7(9(13)5-11)2-3-10(8)14-6/h2-4H,5H2,1H3. The van der Waals surface area contributed by atoms with Crippen LogP contribution >= 0.6 is 27.3 Å². The molecule has 1 aromatic carbocycles. The molecule has 0 aliphatic heterocycles. The molecule has 14 heavy (non-hydrogen) atoms. The number of carbonyl (C=O) groups is 1. The van der Waals surface area contributed by atoms with Gasteiger partial charge in [-0.25, -0.2) is 4.98 Å². The minimum Gasteiger partial charge on any atom is -0.293 e. The smallest absolute Gasteiger partial charge is 0.173 e. The van der Waals surface area contributed by atoms with Crippen molar-refractivity contribution in [1.82, 2.24) is 4.98 Å². The summed E-state index contributed by atoms with van der Waals surface area (Å²) in [5.41, 5.74) is 1.64. The van der Waals surface area contributed by atoms with Gasteiger partial charge in [0.2, 0.25) is 0 Å². The van der Waals surface area contributed by atoms with Crippen LogP contribution < -0.4 is 0 Å². The first-order chi connectivity index (χ1) is 6.70. The number of benzene rings is 1. The Morgan fingerprint density at radius 1 is 1.57 bits per heavy atom. The summed E-state index contributed by atoms with van der Waals surface area (Å²) in [6.07, 6.45) is 0. The highest BCUT2D eigenvalue weighted by atomic mass is 79.9. The van der Waals surface area contributed by atoms with E-state index in [-0.39, 0.29) is 5.78 Å². The maximum atomic E-state index is 11.4. The molecule has 0 N–H and O–H groups in total. The van der Waals surface area contributed by atoms with Crippen molar-refractivity contribution in [2.75, 3.05) is 5.33 Å². The zero-order chi connectivity index (χ0) is 10.1. The van der Waals surface area contributed by atoms with E-state index < -0.39 is 0 Å². The maximum absolute atomic E-state index is 11.4. The Balaban J connectivity index is 2.55. The summed E-state index contributed by atoms with van der Waals surface area (Å²) in [4.78, 5) is 15.7. The lowest BCUT2D eigenvalue weighted by Gasteiger charge is -1.95. The summed E-state index contributed by atoms with van der Waals surface area (Å²) in [5, 5.41) is 1.39. The highest BCUT2D eigenvalue weighted by Gasteiger charge is 2.06. The molecule has 0 saturated carbocycles. The molecule has 0 aliphatic carbocycles. The minimum absolute atomic E-state index is 0.0950. The fraction of sp³-hybridized carbons (Fsp3) is 0.200. The predicted molar refractivity (Wildman–Crippen MR) is 62.5 cm³/mol. The number of hydrogen-bond donors (Lipinski definition) is 0. The Kier molecular flexibility index (Phi) is 2.65. The van der Waals surface area contributed by atoms with E-state index in [1.165, 1.54) is 0 Å².